The minimum atomic E-state index is -1.44. The monoisotopic (exact) mass is 754 g/mol. The molecule has 0 bridgehead atoms. The maximum Gasteiger partial charge on any atom is 0.314 e. The molecule has 0 fully saturated rings. The molecule has 0 rings (SSSR count). The molecule has 0 aromatic rings. The highest BCUT2D eigenvalue weighted by Gasteiger charge is 2.71. The quantitative estimate of drug-likeness (QED) is 0.220. The molecule has 0 unspecified atom stereocenters. The summed E-state index contributed by atoms with van der Waals surface area (Å²) in [6, 6.07) is 0. The van der Waals surface area contributed by atoms with Gasteiger partial charge in [0, 0.05) is 27.9 Å². The zero-order valence-corrected chi connectivity index (χ0v) is 24.5. The summed E-state index contributed by atoms with van der Waals surface area (Å²) in [6.07, 6.45) is 0.245. The van der Waals surface area contributed by atoms with Crippen LogP contribution >= 0.6 is 95.6 Å². The van der Waals surface area contributed by atoms with E-state index >= 15 is 0 Å². The highest BCUT2D eigenvalue weighted by molar-refractivity contribution is 9.26. The summed E-state index contributed by atoms with van der Waals surface area (Å²) in [7, 11) is 0. The predicted octanol–water partition coefficient (Wildman–Crippen LogP) is 7.13. The number of halogens is 6. The van der Waals surface area contributed by atoms with Crippen molar-refractivity contribution in [3.05, 3.63) is 0 Å². The molecule has 0 amide bonds. The van der Waals surface area contributed by atoms with Gasteiger partial charge in [-0.2, -0.15) is 0 Å². The van der Waals surface area contributed by atoms with Crippen molar-refractivity contribution in [2.45, 2.75) is 53.4 Å². The Morgan fingerprint density at radius 3 is 1.38 bits per heavy atom. The summed E-state index contributed by atoms with van der Waals surface area (Å²) < 4.78 is -2.14. The number of hydrogen-bond acceptors (Lipinski definition) is 2. The van der Waals surface area contributed by atoms with E-state index in [9.17, 15) is 14.7 Å². The Bertz CT molecular complexity index is 503. The van der Waals surface area contributed by atoms with Crippen LogP contribution in [0, 0.1) is 16.2 Å². The molecule has 0 aromatic carbocycles. The first-order chi connectivity index (χ1) is 11.5. The zero-order chi connectivity index (χ0) is 21.2. The van der Waals surface area contributed by atoms with Crippen molar-refractivity contribution in [2.75, 3.05) is 10.7 Å². The Hall–Kier alpha value is 1.82. The first-order valence-corrected chi connectivity index (χ1v) is 13.2. The van der Waals surface area contributed by atoms with Crippen molar-refractivity contribution in [1.82, 2.24) is 0 Å². The molecule has 4 nitrogen and oxygen atoms in total. The summed E-state index contributed by atoms with van der Waals surface area (Å²) in [4.78, 5) is 23.9. The van der Waals surface area contributed by atoms with Crippen LogP contribution in [-0.4, -0.2) is 39.3 Å². The Morgan fingerprint density at radius 2 is 1.15 bits per heavy atom. The second-order valence-electron chi connectivity index (χ2n) is 7.64. The van der Waals surface area contributed by atoms with Crippen LogP contribution in [-0.2, 0) is 9.59 Å². The van der Waals surface area contributed by atoms with E-state index in [2.05, 4.69) is 95.6 Å². The predicted molar refractivity (Wildman–Crippen MR) is 128 cm³/mol. The Balaban J connectivity index is 6.74. The number of alkyl halides is 6. The van der Waals surface area contributed by atoms with E-state index in [4.69, 9.17) is 5.11 Å². The molecule has 0 saturated carbocycles. The normalized spacial score (nSPS) is 14.4. The van der Waals surface area contributed by atoms with Crippen molar-refractivity contribution < 1.29 is 19.8 Å². The fourth-order valence-corrected chi connectivity index (χ4v) is 9.35. The molecule has 0 aliphatic carbocycles. The summed E-state index contributed by atoms with van der Waals surface area (Å²) in [5.41, 5.74) is -2.52. The molecule has 2 N–H and O–H groups in total. The molecular weight excluding hydrogens is 736 g/mol. The van der Waals surface area contributed by atoms with E-state index in [1.807, 2.05) is 27.7 Å². The average Bonchev–Trinajstić information content (AvgIpc) is 2.49. The van der Waals surface area contributed by atoms with Gasteiger partial charge >= 0.3 is 11.9 Å². The smallest absolute Gasteiger partial charge is 0.314 e. The largest absolute Gasteiger partial charge is 0.481 e. The van der Waals surface area contributed by atoms with Gasteiger partial charge in [-0.1, -0.05) is 123 Å². The SMILES string of the molecule is CC(C)(CBr)C(Br)(Br)C(CCCC(=O)O)(C(=O)O)C(Br)(Br)C(C)(C)CBr. The van der Waals surface area contributed by atoms with Crippen LogP contribution in [0.1, 0.15) is 47.0 Å². The lowest BCUT2D eigenvalue weighted by Gasteiger charge is -2.58. The first-order valence-electron chi connectivity index (χ1n) is 7.81. The van der Waals surface area contributed by atoms with Crippen LogP contribution in [0.5, 0.6) is 0 Å². The molecule has 0 aromatic heterocycles. The Morgan fingerprint density at radius 1 is 0.808 bits per heavy atom. The molecule has 26 heavy (non-hydrogen) atoms. The third kappa shape index (κ3) is 4.93. The van der Waals surface area contributed by atoms with E-state index in [0.29, 0.717) is 10.7 Å². The topological polar surface area (TPSA) is 74.6 Å². The Kier molecular flexibility index (Phi) is 10.4. The van der Waals surface area contributed by atoms with Crippen molar-refractivity contribution in [3.8, 4) is 0 Å². The maximum absolute atomic E-state index is 12.8. The van der Waals surface area contributed by atoms with Crippen LogP contribution in [0.4, 0.5) is 0 Å². The lowest BCUT2D eigenvalue weighted by Crippen LogP contribution is -2.65. The number of rotatable bonds is 11. The van der Waals surface area contributed by atoms with Gasteiger partial charge in [0.25, 0.3) is 0 Å². The first kappa shape index (κ1) is 27.8. The average molecular weight is 760 g/mol. The summed E-state index contributed by atoms with van der Waals surface area (Å²) in [5, 5.41) is 20.6. The third-order valence-corrected chi connectivity index (χ3v) is 14.6. The van der Waals surface area contributed by atoms with Crippen molar-refractivity contribution >= 4 is 108 Å². The van der Waals surface area contributed by atoms with Crippen LogP contribution < -0.4 is 0 Å². The lowest BCUT2D eigenvalue weighted by atomic mass is 9.63. The molecular formula is C16H24Br6O4. The van der Waals surface area contributed by atoms with Crippen molar-refractivity contribution in [3.63, 3.8) is 0 Å². The minimum Gasteiger partial charge on any atom is -0.481 e. The second kappa shape index (κ2) is 9.75. The number of hydrogen-bond donors (Lipinski definition) is 2. The van der Waals surface area contributed by atoms with Gasteiger partial charge in [0.2, 0.25) is 0 Å². The third-order valence-electron chi connectivity index (χ3n) is 4.75. The Labute approximate surface area is 205 Å². The van der Waals surface area contributed by atoms with Gasteiger partial charge < -0.3 is 10.2 Å². The van der Waals surface area contributed by atoms with Gasteiger partial charge in [-0.3, -0.25) is 9.59 Å². The van der Waals surface area contributed by atoms with Crippen molar-refractivity contribution in [1.29, 1.82) is 0 Å². The van der Waals surface area contributed by atoms with Crippen LogP contribution in [0.3, 0.4) is 0 Å². The molecule has 0 heterocycles. The number of carboxylic acid groups (broad SMARTS) is 2. The molecule has 0 aliphatic rings. The molecule has 0 radical (unpaired) electrons. The van der Waals surface area contributed by atoms with Crippen LogP contribution in [0.25, 0.3) is 0 Å². The fourth-order valence-electron chi connectivity index (χ4n) is 2.71. The standard InChI is InChI=1S/C16H24Br6O4/c1-12(2,8-17)15(19,20)14(11(25)26,7-5-6-10(23)24)16(21,22)13(3,4)9-18/h5-9H2,1-4H3,(H,23,24)(H,25,26). The van der Waals surface area contributed by atoms with E-state index in [-0.39, 0.29) is 19.3 Å². The molecule has 10 heteroatoms. The van der Waals surface area contributed by atoms with Gasteiger partial charge in [0.1, 0.15) is 11.9 Å². The summed E-state index contributed by atoms with van der Waals surface area (Å²) in [6.45, 7) is 7.77. The van der Waals surface area contributed by atoms with Gasteiger partial charge in [-0.25, -0.2) is 0 Å². The van der Waals surface area contributed by atoms with E-state index in [0.717, 1.165) is 0 Å². The molecule has 0 aliphatic heterocycles. The zero-order valence-electron chi connectivity index (χ0n) is 15.0. The van der Waals surface area contributed by atoms with E-state index in [1.54, 1.807) is 0 Å². The van der Waals surface area contributed by atoms with E-state index in [1.165, 1.54) is 0 Å². The second-order valence-corrected chi connectivity index (χ2v) is 15.6. The molecule has 154 valence electrons. The fraction of sp³-hybridized carbons (Fsp3) is 0.875. The molecule has 0 spiro atoms. The van der Waals surface area contributed by atoms with Crippen LogP contribution in [0.15, 0.2) is 0 Å². The van der Waals surface area contributed by atoms with Gasteiger partial charge in [0.15, 0.2) is 0 Å². The van der Waals surface area contributed by atoms with Gasteiger partial charge in [-0.15, -0.1) is 0 Å². The van der Waals surface area contributed by atoms with Crippen LogP contribution in [0.2, 0.25) is 0 Å². The minimum absolute atomic E-state index is 0.106. The van der Waals surface area contributed by atoms with Crippen molar-refractivity contribution in [2.24, 2.45) is 16.2 Å². The summed E-state index contributed by atoms with van der Waals surface area (Å²) >= 11 is 21.8. The summed E-state index contributed by atoms with van der Waals surface area (Å²) in [5.74, 6) is -1.98. The maximum atomic E-state index is 12.8. The highest BCUT2D eigenvalue weighted by Crippen LogP contribution is 2.70. The van der Waals surface area contributed by atoms with E-state index < -0.39 is 34.7 Å². The highest BCUT2D eigenvalue weighted by atomic mass is 79.9. The number of carboxylic acids is 2. The molecule has 0 saturated heterocycles. The molecule has 0 atom stereocenters. The van der Waals surface area contributed by atoms with Gasteiger partial charge in [0.05, 0.1) is 0 Å². The van der Waals surface area contributed by atoms with Gasteiger partial charge in [-0.05, 0) is 12.8 Å². The number of carbonyl (C=O) groups is 2. The number of aliphatic carboxylic acids is 2. The lowest BCUT2D eigenvalue weighted by molar-refractivity contribution is -0.154.